The van der Waals surface area contributed by atoms with Crippen molar-refractivity contribution in [2.45, 2.75) is 0 Å². The lowest BCUT2D eigenvalue weighted by Gasteiger charge is -2.26. The smallest absolute Gasteiger partial charge is 0.260 e. The third kappa shape index (κ3) is 3.55. The van der Waals surface area contributed by atoms with Gasteiger partial charge in [0.25, 0.3) is 5.91 Å². The van der Waals surface area contributed by atoms with Crippen molar-refractivity contribution in [2.75, 3.05) is 31.2 Å². The molecule has 0 N–H and O–H groups in total. The number of rotatable bonds is 3. The highest BCUT2D eigenvalue weighted by Gasteiger charge is 2.20. The molecule has 1 aromatic rings. The Kier molecular flexibility index (Phi) is 4.53. The largest absolute Gasteiger partial charge is 0.482 e. The number of amides is 1. The lowest BCUT2D eigenvalue weighted by molar-refractivity contribution is -0.133. The molecule has 0 aromatic heterocycles. The topological polar surface area (TPSA) is 70.4 Å². The predicted molar refractivity (Wildman–Crippen MR) is 71.1 cm³/mol. The van der Waals surface area contributed by atoms with Crippen LogP contribution in [-0.4, -0.2) is 46.2 Å². The molecule has 1 fully saturated rings. The molecule has 0 aliphatic carbocycles. The molecule has 0 atom stereocenters. The molecule has 0 bridgehead atoms. The average Bonchev–Trinajstić information content (AvgIpc) is 2.45. The molecule has 1 aromatic carbocycles. The van der Waals surface area contributed by atoms with Gasteiger partial charge in [0.1, 0.15) is 11.8 Å². The minimum Gasteiger partial charge on any atom is -0.482 e. The standard InChI is InChI=1S/C13H14N2O3S/c14-9-11-3-1-2-4-12(11)18-10-13(16)15-5-7-19(17)8-6-15/h1-4H,5-8,10H2. The van der Waals surface area contributed by atoms with Gasteiger partial charge >= 0.3 is 0 Å². The summed E-state index contributed by atoms with van der Waals surface area (Å²) < 4.78 is 16.6. The lowest BCUT2D eigenvalue weighted by atomic mass is 10.2. The third-order valence-electron chi connectivity index (χ3n) is 2.89. The molecule has 0 spiro atoms. The Morgan fingerprint density at radius 3 is 2.74 bits per heavy atom. The van der Waals surface area contributed by atoms with Crippen LogP contribution >= 0.6 is 0 Å². The molecular weight excluding hydrogens is 264 g/mol. The highest BCUT2D eigenvalue weighted by molar-refractivity contribution is 7.85. The van der Waals surface area contributed by atoms with Crippen molar-refractivity contribution in [3.63, 3.8) is 0 Å². The van der Waals surface area contributed by atoms with E-state index in [1.165, 1.54) is 0 Å². The highest BCUT2D eigenvalue weighted by Crippen LogP contribution is 2.16. The second-order valence-electron chi connectivity index (χ2n) is 4.13. The van der Waals surface area contributed by atoms with E-state index in [0.717, 1.165) is 0 Å². The molecule has 100 valence electrons. The lowest BCUT2D eigenvalue weighted by Crippen LogP contribution is -2.43. The minimum atomic E-state index is -0.800. The average molecular weight is 278 g/mol. The van der Waals surface area contributed by atoms with Gasteiger partial charge in [-0.05, 0) is 12.1 Å². The maximum Gasteiger partial charge on any atom is 0.260 e. The summed E-state index contributed by atoms with van der Waals surface area (Å²) in [5.41, 5.74) is 0.412. The molecule has 19 heavy (non-hydrogen) atoms. The Balaban J connectivity index is 1.90. The van der Waals surface area contributed by atoms with Crippen molar-refractivity contribution in [3.05, 3.63) is 29.8 Å². The van der Waals surface area contributed by atoms with E-state index >= 15 is 0 Å². The van der Waals surface area contributed by atoms with E-state index in [2.05, 4.69) is 0 Å². The van der Waals surface area contributed by atoms with Crippen LogP contribution in [0.4, 0.5) is 0 Å². The number of nitriles is 1. The van der Waals surface area contributed by atoms with Crippen LogP contribution in [0.1, 0.15) is 5.56 Å². The number of hydrogen-bond donors (Lipinski definition) is 0. The zero-order chi connectivity index (χ0) is 13.7. The third-order valence-corrected chi connectivity index (χ3v) is 4.16. The van der Waals surface area contributed by atoms with Crippen LogP contribution in [0.2, 0.25) is 0 Å². The number of hydrogen-bond acceptors (Lipinski definition) is 4. The Morgan fingerprint density at radius 2 is 2.05 bits per heavy atom. The number of nitrogens with zero attached hydrogens (tertiary/aromatic N) is 2. The number of benzene rings is 1. The monoisotopic (exact) mass is 278 g/mol. The molecule has 1 heterocycles. The zero-order valence-electron chi connectivity index (χ0n) is 10.4. The summed E-state index contributed by atoms with van der Waals surface area (Å²) in [4.78, 5) is 13.5. The number of carbonyl (C=O) groups is 1. The predicted octanol–water partition coefficient (Wildman–Crippen LogP) is 0.528. The van der Waals surface area contributed by atoms with Gasteiger partial charge in [-0.1, -0.05) is 12.1 Å². The fourth-order valence-corrected chi connectivity index (χ4v) is 2.86. The van der Waals surface area contributed by atoms with E-state index in [4.69, 9.17) is 10.00 Å². The van der Waals surface area contributed by atoms with Gasteiger partial charge in [0, 0.05) is 35.4 Å². The molecule has 1 aliphatic rings. The van der Waals surface area contributed by atoms with E-state index in [1.54, 1.807) is 29.2 Å². The van der Waals surface area contributed by atoms with Crippen molar-refractivity contribution in [3.8, 4) is 11.8 Å². The van der Waals surface area contributed by atoms with E-state index in [0.29, 0.717) is 35.9 Å². The normalized spacial score (nSPS) is 15.8. The molecule has 0 unspecified atom stereocenters. The van der Waals surface area contributed by atoms with Crippen molar-refractivity contribution < 1.29 is 13.7 Å². The van der Waals surface area contributed by atoms with E-state index in [-0.39, 0.29) is 12.5 Å². The van der Waals surface area contributed by atoms with Crippen LogP contribution in [0.3, 0.4) is 0 Å². The molecular formula is C13H14N2O3S. The molecule has 1 saturated heterocycles. The Hall–Kier alpha value is -1.87. The first-order chi connectivity index (χ1) is 9.20. The summed E-state index contributed by atoms with van der Waals surface area (Å²) in [6, 6.07) is 8.82. The molecule has 0 radical (unpaired) electrons. The Bertz CT molecular complexity index is 529. The van der Waals surface area contributed by atoms with Crippen LogP contribution in [0.5, 0.6) is 5.75 Å². The van der Waals surface area contributed by atoms with Gasteiger partial charge in [0.2, 0.25) is 0 Å². The van der Waals surface area contributed by atoms with Crippen LogP contribution < -0.4 is 4.74 Å². The van der Waals surface area contributed by atoms with Gasteiger partial charge < -0.3 is 9.64 Å². The van der Waals surface area contributed by atoms with Crippen molar-refractivity contribution in [1.82, 2.24) is 4.90 Å². The van der Waals surface area contributed by atoms with Crippen molar-refractivity contribution in [2.24, 2.45) is 0 Å². The maximum absolute atomic E-state index is 11.9. The molecule has 0 saturated carbocycles. The number of para-hydroxylation sites is 1. The van der Waals surface area contributed by atoms with Gasteiger partial charge in [-0.25, -0.2) is 0 Å². The first kappa shape index (κ1) is 13.6. The Labute approximate surface area is 114 Å². The Morgan fingerprint density at radius 1 is 1.37 bits per heavy atom. The van der Waals surface area contributed by atoms with Gasteiger partial charge in [-0.15, -0.1) is 0 Å². The minimum absolute atomic E-state index is 0.0919. The first-order valence-electron chi connectivity index (χ1n) is 5.95. The summed E-state index contributed by atoms with van der Waals surface area (Å²) in [6.45, 7) is 0.925. The molecule has 5 nitrogen and oxygen atoms in total. The van der Waals surface area contributed by atoms with Crippen LogP contribution in [0, 0.1) is 11.3 Å². The van der Waals surface area contributed by atoms with Crippen LogP contribution in [0.25, 0.3) is 0 Å². The van der Waals surface area contributed by atoms with Crippen LogP contribution in [0.15, 0.2) is 24.3 Å². The summed E-state index contributed by atoms with van der Waals surface area (Å²) in [5.74, 6) is 1.34. The van der Waals surface area contributed by atoms with Crippen LogP contribution in [-0.2, 0) is 15.6 Å². The SMILES string of the molecule is N#Cc1ccccc1OCC(=O)N1CCS(=O)CC1. The summed E-state index contributed by atoms with van der Waals surface area (Å²) in [6.07, 6.45) is 0. The number of ether oxygens (including phenoxy) is 1. The maximum atomic E-state index is 11.9. The summed E-state index contributed by atoms with van der Waals surface area (Å²) in [5, 5.41) is 8.90. The first-order valence-corrected chi connectivity index (χ1v) is 7.44. The van der Waals surface area contributed by atoms with Crippen molar-refractivity contribution in [1.29, 1.82) is 5.26 Å². The summed E-state index contributed by atoms with van der Waals surface area (Å²) in [7, 11) is -0.800. The second kappa shape index (κ2) is 6.34. The summed E-state index contributed by atoms with van der Waals surface area (Å²) >= 11 is 0. The van der Waals surface area contributed by atoms with E-state index in [9.17, 15) is 9.00 Å². The van der Waals surface area contributed by atoms with Gasteiger partial charge in [-0.3, -0.25) is 9.00 Å². The number of carbonyl (C=O) groups excluding carboxylic acids is 1. The molecule has 6 heteroatoms. The van der Waals surface area contributed by atoms with E-state index in [1.807, 2.05) is 6.07 Å². The molecule has 1 amide bonds. The van der Waals surface area contributed by atoms with Gasteiger partial charge in [0.15, 0.2) is 6.61 Å². The fourth-order valence-electron chi connectivity index (χ4n) is 1.80. The fraction of sp³-hybridized carbons (Fsp3) is 0.385. The molecule has 2 rings (SSSR count). The van der Waals surface area contributed by atoms with Gasteiger partial charge in [-0.2, -0.15) is 5.26 Å². The zero-order valence-corrected chi connectivity index (χ0v) is 11.2. The molecule has 1 aliphatic heterocycles. The van der Waals surface area contributed by atoms with E-state index < -0.39 is 10.8 Å². The second-order valence-corrected chi connectivity index (χ2v) is 5.82. The van der Waals surface area contributed by atoms with Gasteiger partial charge in [0.05, 0.1) is 5.56 Å². The highest BCUT2D eigenvalue weighted by atomic mass is 32.2. The van der Waals surface area contributed by atoms with Crippen molar-refractivity contribution >= 4 is 16.7 Å². The quantitative estimate of drug-likeness (QED) is 0.808.